The maximum absolute atomic E-state index is 12.7. The molecule has 1 aromatic rings. The molecular weight excluding hydrogens is 295 g/mol. The molecule has 1 aliphatic heterocycles. The summed E-state index contributed by atoms with van der Waals surface area (Å²) in [4.78, 5) is 13.1. The molecule has 1 fully saturated rings. The third kappa shape index (κ3) is 4.47. The van der Waals surface area contributed by atoms with Crippen LogP contribution in [0.4, 0.5) is 13.2 Å². The largest absolute Gasteiger partial charge is 0.416 e. The van der Waals surface area contributed by atoms with Gasteiger partial charge in [0.05, 0.1) is 5.56 Å². The summed E-state index contributed by atoms with van der Waals surface area (Å²) in [5.74, 6) is 0.00237. The number of likely N-dealkylation sites (tertiary alicyclic amines) is 1. The number of piperidine rings is 1. The number of hydrogen-bond donors (Lipinski definition) is 1. The third-order valence-electron chi connectivity index (χ3n) is 4.10. The van der Waals surface area contributed by atoms with Gasteiger partial charge >= 0.3 is 6.18 Å². The first-order chi connectivity index (χ1) is 10.4. The highest BCUT2D eigenvalue weighted by atomic mass is 19.4. The topological polar surface area (TPSA) is 40.5 Å². The lowest BCUT2D eigenvalue weighted by Gasteiger charge is -2.32. The Morgan fingerprint density at radius 2 is 2.14 bits per heavy atom. The van der Waals surface area contributed by atoms with Crippen molar-refractivity contribution in [3.8, 4) is 0 Å². The first-order valence-corrected chi connectivity index (χ1v) is 7.45. The van der Waals surface area contributed by atoms with Crippen LogP contribution in [0.5, 0.6) is 0 Å². The summed E-state index contributed by atoms with van der Waals surface area (Å²) in [7, 11) is 0. The van der Waals surface area contributed by atoms with E-state index in [0.29, 0.717) is 25.1 Å². The van der Waals surface area contributed by atoms with E-state index in [-0.39, 0.29) is 11.8 Å². The van der Waals surface area contributed by atoms with Crippen molar-refractivity contribution in [1.29, 1.82) is 0 Å². The molecule has 122 valence electrons. The Morgan fingerprint density at radius 1 is 1.36 bits per heavy atom. The number of alkyl halides is 3. The Hall–Kier alpha value is -1.56. The SMILES string of the molecule is O=C(CO)N1CCCC(CCc2cccc(C(F)(F)F)c2)C1. The van der Waals surface area contributed by atoms with Crippen LogP contribution in [-0.2, 0) is 17.4 Å². The lowest BCUT2D eigenvalue weighted by Crippen LogP contribution is -2.41. The monoisotopic (exact) mass is 315 g/mol. The second-order valence-electron chi connectivity index (χ2n) is 5.74. The van der Waals surface area contributed by atoms with Crippen LogP contribution in [-0.4, -0.2) is 35.6 Å². The van der Waals surface area contributed by atoms with Gasteiger partial charge in [-0.1, -0.05) is 18.2 Å². The van der Waals surface area contributed by atoms with Gasteiger partial charge in [0.1, 0.15) is 6.61 Å². The zero-order valence-corrected chi connectivity index (χ0v) is 12.3. The van der Waals surface area contributed by atoms with Gasteiger partial charge in [-0.15, -0.1) is 0 Å². The Bertz CT molecular complexity index is 516. The number of carbonyl (C=O) groups excluding carboxylic acids is 1. The van der Waals surface area contributed by atoms with E-state index in [0.717, 1.165) is 25.3 Å². The molecule has 1 amide bonds. The number of hydrogen-bond acceptors (Lipinski definition) is 2. The molecule has 0 aliphatic carbocycles. The predicted octanol–water partition coefficient (Wildman–Crippen LogP) is 2.87. The molecule has 0 saturated carbocycles. The fourth-order valence-corrected chi connectivity index (χ4v) is 2.90. The standard InChI is InChI=1S/C16H20F3NO2/c17-16(18,19)14-5-1-3-12(9-14)6-7-13-4-2-8-20(10-13)15(22)11-21/h1,3,5,9,13,21H,2,4,6-8,10-11H2. The van der Waals surface area contributed by atoms with Crippen LogP contribution >= 0.6 is 0 Å². The maximum Gasteiger partial charge on any atom is 0.416 e. The normalized spacial score (nSPS) is 19.3. The number of aryl methyl sites for hydroxylation is 1. The minimum Gasteiger partial charge on any atom is -0.387 e. The van der Waals surface area contributed by atoms with Crippen molar-refractivity contribution in [2.45, 2.75) is 31.9 Å². The molecule has 0 spiro atoms. The van der Waals surface area contributed by atoms with E-state index >= 15 is 0 Å². The minimum absolute atomic E-state index is 0.274. The van der Waals surface area contributed by atoms with Gasteiger partial charge in [0, 0.05) is 13.1 Å². The van der Waals surface area contributed by atoms with Crippen molar-refractivity contribution in [3.05, 3.63) is 35.4 Å². The first-order valence-electron chi connectivity index (χ1n) is 7.45. The van der Waals surface area contributed by atoms with Crippen molar-refractivity contribution in [2.24, 2.45) is 5.92 Å². The van der Waals surface area contributed by atoms with Crippen molar-refractivity contribution in [2.75, 3.05) is 19.7 Å². The molecule has 1 heterocycles. The second-order valence-corrected chi connectivity index (χ2v) is 5.74. The van der Waals surface area contributed by atoms with Crippen molar-refractivity contribution < 1.29 is 23.1 Å². The quantitative estimate of drug-likeness (QED) is 0.928. The number of carbonyl (C=O) groups is 1. The highest BCUT2D eigenvalue weighted by Gasteiger charge is 2.30. The summed E-state index contributed by atoms with van der Waals surface area (Å²) < 4.78 is 38.0. The summed E-state index contributed by atoms with van der Waals surface area (Å²) in [6.07, 6.45) is -1.16. The van der Waals surface area contributed by atoms with Crippen molar-refractivity contribution >= 4 is 5.91 Å². The highest BCUT2D eigenvalue weighted by molar-refractivity contribution is 5.77. The molecule has 0 aromatic heterocycles. The summed E-state index contributed by atoms with van der Waals surface area (Å²) in [6, 6.07) is 5.40. The van der Waals surface area contributed by atoms with E-state index in [2.05, 4.69) is 0 Å². The van der Waals surface area contributed by atoms with Crippen molar-refractivity contribution in [3.63, 3.8) is 0 Å². The molecule has 3 nitrogen and oxygen atoms in total. The lowest BCUT2D eigenvalue weighted by molar-refractivity contribution is -0.138. The van der Waals surface area contributed by atoms with E-state index in [9.17, 15) is 18.0 Å². The van der Waals surface area contributed by atoms with Crippen LogP contribution in [0.2, 0.25) is 0 Å². The van der Waals surface area contributed by atoms with Crippen molar-refractivity contribution in [1.82, 2.24) is 4.90 Å². The summed E-state index contributed by atoms with van der Waals surface area (Å²) in [6.45, 7) is 0.748. The van der Waals surface area contributed by atoms with Crippen LogP contribution in [0, 0.1) is 5.92 Å². The summed E-state index contributed by atoms with van der Waals surface area (Å²) >= 11 is 0. The molecule has 1 atom stereocenters. The maximum atomic E-state index is 12.7. The molecular formula is C16H20F3NO2. The molecule has 1 aromatic carbocycles. The minimum atomic E-state index is -4.31. The fraction of sp³-hybridized carbons (Fsp3) is 0.562. The predicted molar refractivity (Wildman–Crippen MR) is 76.2 cm³/mol. The molecule has 1 aliphatic rings. The summed E-state index contributed by atoms with van der Waals surface area (Å²) in [5, 5.41) is 8.89. The van der Waals surface area contributed by atoms with Gasteiger partial charge in [-0.3, -0.25) is 4.79 Å². The van der Waals surface area contributed by atoms with Crippen LogP contribution in [0.25, 0.3) is 0 Å². The Balaban J connectivity index is 1.91. The average molecular weight is 315 g/mol. The molecule has 6 heteroatoms. The number of nitrogens with zero attached hydrogens (tertiary/aromatic N) is 1. The molecule has 1 unspecified atom stereocenters. The van der Waals surface area contributed by atoms with Gasteiger partial charge in [0.2, 0.25) is 5.91 Å². The zero-order chi connectivity index (χ0) is 16.2. The molecule has 0 radical (unpaired) electrons. The smallest absolute Gasteiger partial charge is 0.387 e. The summed E-state index contributed by atoms with van der Waals surface area (Å²) in [5.41, 5.74) is 0.0474. The van der Waals surface area contributed by atoms with Crippen LogP contribution in [0.3, 0.4) is 0 Å². The number of amides is 1. The Labute approximate surface area is 127 Å². The van der Waals surface area contributed by atoms with Crippen LogP contribution in [0.15, 0.2) is 24.3 Å². The van der Waals surface area contributed by atoms with Gasteiger partial charge in [-0.2, -0.15) is 13.2 Å². The number of rotatable bonds is 4. The zero-order valence-electron chi connectivity index (χ0n) is 12.3. The number of halogens is 3. The lowest BCUT2D eigenvalue weighted by atomic mass is 9.91. The molecule has 1 N–H and O–H groups in total. The Morgan fingerprint density at radius 3 is 2.82 bits per heavy atom. The average Bonchev–Trinajstić information content (AvgIpc) is 2.52. The van der Waals surface area contributed by atoms with Gasteiger partial charge in [0.25, 0.3) is 0 Å². The van der Waals surface area contributed by atoms with Crippen LogP contribution < -0.4 is 0 Å². The van der Waals surface area contributed by atoms with Gasteiger partial charge < -0.3 is 10.0 Å². The van der Waals surface area contributed by atoms with Gasteiger partial charge in [-0.05, 0) is 43.2 Å². The molecule has 2 rings (SSSR count). The fourth-order valence-electron chi connectivity index (χ4n) is 2.90. The Kier molecular flexibility index (Phi) is 5.45. The molecule has 1 saturated heterocycles. The number of aliphatic hydroxyl groups is 1. The highest BCUT2D eigenvalue weighted by Crippen LogP contribution is 2.30. The first kappa shape index (κ1) is 16.8. The third-order valence-corrected chi connectivity index (χ3v) is 4.10. The number of benzene rings is 1. The van der Waals surface area contributed by atoms with E-state index < -0.39 is 18.3 Å². The van der Waals surface area contributed by atoms with E-state index in [4.69, 9.17) is 5.11 Å². The molecule has 0 bridgehead atoms. The van der Waals surface area contributed by atoms with Gasteiger partial charge in [0.15, 0.2) is 0 Å². The van der Waals surface area contributed by atoms with E-state index in [1.807, 2.05) is 0 Å². The van der Waals surface area contributed by atoms with Crippen LogP contribution in [0.1, 0.15) is 30.4 Å². The van der Waals surface area contributed by atoms with Gasteiger partial charge in [-0.25, -0.2) is 0 Å². The molecule has 22 heavy (non-hydrogen) atoms. The van der Waals surface area contributed by atoms with E-state index in [1.54, 1.807) is 11.0 Å². The number of aliphatic hydroxyl groups excluding tert-OH is 1. The second kappa shape index (κ2) is 7.13. The van der Waals surface area contributed by atoms with E-state index in [1.165, 1.54) is 12.1 Å².